The van der Waals surface area contributed by atoms with Crippen molar-refractivity contribution in [3.63, 3.8) is 0 Å². The average molecular weight is 350 g/mol. The fraction of sp³-hybridized carbons (Fsp3) is 0.667. The first kappa shape index (κ1) is 15.2. The molecule has 1 aliphatic heterocycles. The van der Waals surface area contributed by atoms with E-state index in [4.69, 9.17) is 11.6 Å². The maximum Gasteiger partial charge on any atom is 0.254 e. The van der Waals surface area contributed by atoms with Crippen LogP contribution in [0.3, 0.4) is 0 Å². The molecule has 21 heavy (non-hydrogen) atoms. The monoisotopic (exact) mass is 349 g/mol. The molecule has 1 aromatic rings. The first-order valence-electron chi connectivity index (χ1n) is 6.88. The lowest BCUT2D eigenvalue weighted by Gasteiger charge is -2.31. The summed E-state index contributed by atoms with van der Waals surface area (Å²) in [7, 11) is -3.50. The van der Waals surface area contributed by atoms with Gasteiger partial charge in [0.2, 0.25) is 5.91 Å². The van der Waals surface area contributed by atoms with Gasteiger partial charge >= 0.3 is 0 Å². The van der Waals surface area contributed by atoms with Crippen molar-refractivity contribution in [1.82, 2.24) is 14.6 Å². The van der Waals surface area contributed by atoms with Gasteiger partial charge in [-0.25, -0.2) is 13.4 Å². The largest absolute Gasteiger partial charge is 0.353 e. The topological polar surface area (TPSA) is 79.4 Å². The van der Waals surface area contributed by atoms with E-state index >= 15 is 0 Å². The van der Waals surface area contributed by atoms with Crippen molar-refractivity contribution < 1.29 is 13.2 Å². The number of piperidine rings is 1. The number of amides is 1. The number of thiazole rings is 1. The zero-order valence-electron chi connectivity index (χ0n) is 11.3. The second-order valence-corrected chi connectivity index (χ2v) is 9.17. The molecule has 3 rings (SSSR count). The summed E-state index contributed by atoms with van der Waals surface area (Å²) in [6.07, 6.45) is 4.54. The van der Waals surface area contributed by atoms with Crippen LogP contribution in [0.4, 0.5) is 0 Å². The number of hydrogen-bond donors (Lipinski definition) is 1. The Balaban J connectivity index is 1.58. The first-order chi connectivity index (χ1) is 9.96. The Kier molecular flexibility index (Phi) is 4.22. The van der Waals surface area contributed by atoms with E-state index in [1.54, 1.807) is 0 Å². The number of aromatic nitrogens is 1. The molecule has 2 heterocycles. The van der Waals surface area contributed by atoms with Crippen molar-refractivity contribution in [2.24, 2.45) is 5.92 Å². The second-order valence-electron chi connectivity index (χ2n) is 5.39. The predicted molar refractivity (Wildman–Crippen MR) is 79.8 cm³/mol. The molecule has 1 saturated heterocycles. The van der Waals surface area contributed by atoms with Crippen LogP contribution in [0, 0.1) is 5.92 Å². The minimum absolute atomic E-state index is 0.0783. The van der Waals surface area contributed by atoms with Gasteiger partial charge in [0.15, 0.2) is 8.68 Å². The molecule has 6 nitrogen and oxygen atoms in total. The molecule has 2 aliphatic rings. The third-order valence-corrected chi connectivity index (χ3v) is 7.25. The zero-order valence-corrected chi connectivity index (χ0v) is 13.7. The zero-order chi connectivity index (χ0) is 15.0. The number of carbonyl (C=O) groups excluding carboxylic acids is 1. The van der Waals surface area contributed by atoms with Gasteiger partial charge in [0.25, 0.3) is 10.0 Å². The van der Waals surface area contributed by atoms with Gasteiger partial charge in [0.05, 0.1) is 6.20 Å². The van der Waals surface area contributed by atoms with Crippen LogP contribution in [0.2, 0.25) is 4.47 Å². The minimum Gasteiger partial charge on any atom is -0.353 e. The van der Waals surface area contributed by atoms with Crippen LogP contribution in [-0.2, 0) is 14.8 Å². The highest BCUT2D eigenvalue weighted by Crippen LogP contribution is 2.30. The highest BCUT2D eigenvalue weighted by Gasteiger charge is 2.34. The van der Waals surface area contributed by atoms with Crippen LogP contribution < -0.4 is 5.32 Å². The summed E-state index contributed by atoms with van der Waals surface area (Å²) in [5.74, 6) is 0.302. The van der Waals surface area contributed by atoms with Gasteiger partial charge in [-0.15, -0.1) is 0 Å². The van der Waals surface area contributed by atoms with E-state index in [0.717, 1.165) is 24.2 Å². The molecule has 9 heteroatoms. The smallest absolute Gasteiger partial charge is 0.254 e. The summed E-state index contributed by atoms with van der Waals surface area (Å²) >= 11 is 6.67. The fourth-order valence-electron chi connectivity index (χ4n) is 2.39. The Bertz CT molecular complexity index is 634. The van der Waals surface area contributed by atoms with Crippen LogP contribution in [-0.4, -0.2) is 42.7 Å². The summed E-state index contributed by atoms with van der Waals surface area (Å²) in [5, 5.41) is 3.01. The van der Waals surface area contributed by atoms with Gasteiger partial charge in [-0.2, -0.15) is 4.31 Å². The van der Waals surface area contributed by atoms with Crippen LogP contribution in [0.5, 0.6) is 0 Å². The number of carbonyl (C=O) groups is 1. The van der Waals surface area contributed by atoms with Crippen LogP contribution in [0.1, 0.15) is 25.7 Å². The van der Waals surface area contributed by atoms with E-state index in [0.29, 0.717) is 25.9 Å². The Morgan fingerprint density at radius 1 is 1.33 bits per heavy atom. The molecule has 0 bridgehead atoms. The molecular weight excluding hydrogens is 334 g/mol. The van der Waals surface area contributed by atoms with Gasteiger partial charge in [0.1, 0.15) is 0 Å². The fourth-order valence-corrected chi connectivity index (χ4v) is 5.31. The Morgan fingerprint density at radius 3 is 2.52 bits per heavy atom. The van der Waals surface area contributed by atoms with E-state index in [2.05, 4.69) is 10.3 Å². The van der Waals surface area contributed by atoms with Crippen molar-refractivity contribution >= 4 is 38.9 Å². The molecule has 1 amide bonds. The van der Waals surface area contributed by atoms with Gasteiger partial charge < -0.3 is 5.32 Å². The second kappa shape index (κ2) is 5.83. The van der Waals surface area contributed by atoms with E-state index in [-0.39, 0.29) is 26.5 Å². The molecule has 1 saturated carbocycles. The molecular formula is C12H16ClN3O3S2. The molecule has 1 N–H and O–H groups in total. The summed E-state index contributed by atoms with van der Waals surface area (Å²) < 4.78 is 26.6. The quantitative estimate of drug-likeness (QED) is 0.892. The molecule has 2 fully saturated rings. The average Bonchev–Trinajstić information content (AvgIpc) is 3.21. The highest BCUT2D eigenvalue weighted by atomic mass is 35.5. The summed E-state index contributed by atoms with van der Waals surface area (Å²) in [6, 6.07) is 0.0783. The SMILES string of the molecule is O=C(NC1CCN(S(=O)(=O)c2cnc(Cl)s2)CC1)C1CC1. The lowest BCUT2D eigenvalue weighted by molar-refractivity contribution is -0.123. The maximum atomic E-state index is 12.4. The highest BCUT2D eigenvalue weighted by molar-refractivity contribution is 7.91. The van der Waals surface area contributed by atoms with Gasteiger partial charge in [-0.3, -0.25) is 4.79 Å². The Hall–Kier alpha value is -0.700. The molecule has 0 atom stereocenters. The van der Waals surface area contributed by atoms with Crippen molar-refractivity contribution in [2.75, 3.05) is 13.1 Å². The third kappa shape index (κ3) is 3.39. The van der Waals surface area contributed by atoms with Gasteiger partial charge in [-0.05, 0) is 25.7 Å². The molecule has 0 radical (unpaired) electrons. The molecule has 0 spiro atoms. The Morgan fingerprint density at radius 2 is 2.00 bits per heavy atom. The van der Waals surface area contributed by atoms with Gasteiger partial charge in [-0.1, -0.05) is 22.9 Å². The van der Waals surface area contributed by atoms with Crippen molar-refractivity contribution in [3.8, 4) is 0 Å². The number of nitrogens with one attached hydrogen (secondary N) is 1. The van der Waals surface area contributed by atoms with Crippen LogP contribution in [0.15, 0.2) is 10.4 Å². The molecule has 0 aromatic carbocycles. The standard InChI is InChI=1S/C12H16ClN3O3S2/c13-12-14-7-10(20-12)21(18,19)16-5-3-9(4-6-16)15-11(17)8-1-2-8/h7-9H,1-6H2,(H,15,17). The molecule has 1 aliphatic carbocycles. The summed E-state index contributed by atoms with van der Waals surface area (Å²) in [4.78, 5) is 15.5. The molecule has 0 unspecified atom stereocenters. The summed E-state index contributed by atoms with van der Waals surface area (Å²) in [5.41, 5.74) is 0. The van der Waals surface area contributed by atoms with Crippen molar-refractivity contribution in [2.45, 2.75) is 35.9 Å². The molecule has 1 aromatic heterocycles. The summed E-state index contributed by atoms with van der Waals surface area (Å²) in [6.45, 7) is 0.820. The van der Waals surface area contributed by atoms with Crippen molar-refractivity contribution in [1.29, 1.82) is 0 Å². The normalized spacial score (nSPS) is 21.4. The van der Waals surface area contributed by atoms with E-state index < -0.39 is 10.0 Å². The number of hydrogen-bond acceptors (Lipinski definition) is 5. The first-order valence-corrected chi connectivity index (χ1v) is 9.52. The number of sulfonamides is 1. The Labute approximate surface area is 132 Å². The van der Waals surface area contributed by atoms with Crippen LogP contribution in [0.25, 0.3) is 0 Å². The van der Waals surface area contributed by atoms with Gasteiger partial charge in [0, 0.05) is 25.0 Å². The number of rotatable bonds is 4. The maximum absolute atomic E-state index is 12.4. The van der Waals surface area contributed by atoms with Crippen molar-refractivity contribution in [3.05, 3.63) is 10.7 Å². The predicted octanol–water partition coefficient (Wildman–Crippen LogP) is 1.48. The number of nitrogens with zero attached hydrogens (tertiary/aromatic N) is 2. The minimum atomic E-state index is -3.50. The van der Waals surface area contributed by atoms with Crippen LogP contribution >= 0.6 is 22.9 Å². The van der Waals surface area contributed by atoms with E-state index in [1.807, 2.05) is 0 Å². The molecule has 116 valence electrons. The number of halogens is 1. The third-order valence-electron chi connectivity index (χ3n) is 3.80. The van der Waals surface area contributed by atoms with E-state index in [1.165, 1.54) is 10.5 Å². The lowest BCUT2D eigenvalue weighted by Crippen LogP contribution is -2.46. The van der Waals surface area contributed by atoms with E-state index in [9.17, 15) is 13.2 Å². The lowest BCUT2D eigenvalue weighted by atomic mass is 10.1.